The van der Waals surface area contributed by atoms with Crippen molar-refractivity contribution >= 4 is 110 Å². The summed E-state index contributed by atoms with van der Waals surface area (Å²) in [5, 5.41) is 12.7. The van der Waals surface area contributed by atoms with Crippen molar-refractivity contribution in [2.45, 2.75) is 172 Å². The Hall–Kier alpha value is -4.44. The van der Waals surface area contributed by atoms with Crippen molar-refractivity contribution in [3.8, 4) is 0 Å². The molecule has 0 aliphatic carbocycles. The minimum atomic E-state index is -0.939. The van der Waals surface area contributed by atoms with Gasteiger partial charge in [-0.15, -0.1) is 74.4 Å². The summed E-state index contributed by atoms with van der Waals surface area (Å²) in [4.78, 5) is 74.5. The first-order chi connectivity index (χ1) is 39.6. The number of carbonyl (C=O) groups is 4. The summed E-state index contributed by atoms with van der Waals surface area (Å²) in [6.45, 7) is 44.0. The van der Waals surface area contributed by atoms with Crippen LogP contribution in [0.4, 0.5) is 29.2 Å². The van der Waals surface area contributed by atoms with Gasteiger partial charge in [-0.05, 0) is 157 Å². The van der Waals surface area contributed by atoms with Gasteiger partial charge in [0.05, 0.1) is 23.9 Å². The van der Waals surface area contributed by atoms with Gasteiger partial charge in [0.2, 0.25) is 17.7 Å². The van der Waals surface area contributed by atoms with Crippen LogP contribution in [0.2, 0.25) is 0 Å². The summed E-state index contributed by atoms with van der Waals surface area (Å²) in [5.74, 6) is -3.32. The molecule has 8 rings (SSSR count). The fraction of sp³-hybridized carbons (Fsp3) is 0.606. The molecule has 516 valence electrons. The predicted octanol–water partition coefficient (Wildman–Crippen LogP) is 13.3. The van der Waals surface area contributed by atoms with Gasteiger partial charge in [0.15, 0.2) is 0 Å². The summed E-state index contributed by atoms with van der Waals surface area (Å²) < 4.78 is 55.6. The number of carbonyl (C=O) groups excluding carboxylic acids is 3. The van der Waals surface area contributed by atoms with E-state index in [0.29, 0.717) is 57.9 Å². The van der Waals surface area contributed by atoms with Gasteiger partial charge in [0.25, 0.3) is 0 Å². The van der Waals surface area contributed by atoms with Gasteiger partial charge >= 0.3 is 5.97 Å². The number of piperazine rings is 2. The Kier molecular flexibility index (Phi) is 34.7. The molecule has 3 unspecified atom stereocenters. The van der Waals surface area contributed by atoms with Gasteiger partial charge in [-0.25, -0.2) is 27.5 Å². The van der Waals surface area contributed by atoms with E-state index in [1.54, 1.807) is 13.8 Å². The maximum absolute atomic E-state index is 14.9. The lowest BCUT2D eigenvalue weighted by molar-refractivity contribution is -0.142. The Morgan fingerprint density at radius 3 is 1.22 bits per heavy atom. The lowest BCUT2D eigenvalue weighted by atomic mass is 9.87. The first-order valence-electron chi connectivity index (χ1n) is 30.3. The number of halogens is 10. The quantitative estimate of drug-likeness (QED) is 0.130. The first kappa shape index (κ1) is 86.6. The molecule has 15 nitrogen and oxygen atoms in total. The second kappa shape index (κ2) is 36.4. The van der Waals surface area contributed by atoms with Crippen LogP contribution in [0.1, 0.15) is 166 Å². The largest absolute Gasteiger partial charge is 0.481 e. The monoisotopic (exact) mass is 1400 g/mol. The van der Waals surface area contributed by atoms with Crippen LogP contribution in [0.15, 0.2) is 48.5 Å². The molecule has 0 saturated carbocycles. The van der Waals surface area contributed by atoms with E-state index in [2.05, 4.69) is 87.5 Å². The molecule has 91 heavy (non-hydrogen) atoms. The number of likely N-dealkylation sites (tertiary alicyclic amines) is 2. The van der Waals surface area contributed by atoms with Crippen molar-refractivity contribution in [1.29, 1.82) is 0 Å². The number of anilines is 2. The molecular formula is C66H102Cl6F4N10O5. The smallest absolute Gasteiger partial charge is 0.308 e. The van der Waals surface area contributed by atoms with Crippen molar-refractivity contribution in [3.05, 3.63) is 117 Å². The number of amides is 3. The first-order valence-corrected chi connectivity index (χ1v) is 30.3. The third-order valence-electron chi connectivity index (χ3n) is 17.7. The summed E-state index contributed by atoms with van der Waals surface area (Å²) in [6, 6.07) is 11.5. The molecule has 2 aromatic heterocycles. The number of carboxylic acids is 1. The lowest BCUT2D eigenvalue weighted by Gasteiger charge is -2.40. The molecule has 3 amide bonds. The fourth-order valence-electron chi connectivity index (χ4n) is 12.7. The normalized spacial score (nSPS) is 19.1. The van der Waals surface area contributed by atoms with Crippen LogP contribution in [0.25, 0.3) is 0 Å². The molecule has 6 heterocycles. The molecule has 4 aliphatic rings. The van der Waals surface area contributed by atoms with Crippen molar-refractivity contribution in [2.24, 2.45) is 11.8 Å². The van der Waals surface area contributed by atoms with Crippen molar-refractivity contribution in [3.63, 3.8) is 0 Å². The Bertz CT molecular complexity index is 3040. The summed E-state index contributed by atoms with van der Waals surface area (Å²) in [5.41, 5.74) is 6.73. The zero-order valence-electron chi connectivity index (χ0n) is 56.3. The molecule has 2 aromatic carbocycles. The lowest BCUT2D eigenvalue weighted by Crippen LogP contribution is -2.52. The number of aromatic nitrogens is 2. The maximum Gasteiger partial charge on any atom is 0.308 e. The average molecular weight is 1400 g/mol. The van der Waals surface area contributed by atoms with Gasteiger partial charge in [0.1, 0.15) is 34.9 Å². The topological polar surface area (TPSA) is 149 Å². The standard InChI is InChI=1S/C33H47F2N5O2.C18H30N4O.C15H19F2NO2.6ClH/c1-20(2)40(24(6)41)23(5)27-16-21(3)22(4)36-31(27)37-12-14-38(15-13-37)32(42)29-19-39(33(7,8)9)18-28(29)26-11-10-25(34)17-30(26)35;1-12(2)22(16(6)23)15(5)17-11-13(3)14(4)20-18(17)21-9-7-19-8-10-21;1-15(2,3)18-7-11(12(8-18)14(19)20)10-5-4-9(16)6-13(10)17;;;;;;/h10-11,16-17,20,23,28-29H,12-15,18-19H2,1-9H3;11-12,15,19H,7-10H2,1-6H3;4-6,11-12H,7-8H2,1-3H3,(H,19,20);6*1H/t23?,28-,29+;;11-,12?;;;;;;/m0.0....../s1. The number of pyridine rings is 2. The molecule has 4 aromatic rings. The minimum absolute atomic E-state index is 0. The molecule has 0 spiro atoms. The van der Waals surface area contributed by atoms with Crippen LogP contribution >= 0.6 is 74.4 Å². The molecule has 0 bridgehead atoms. The molecule has 0 radical (unpaired) electrons. The second-order valence-corrected chi connectivity index (χ2v) is 26.3. The number of nitrogens with one attached hydrogen (secondary N) is 1. The van der Waals surface area contributed by atoms with Crippen molar-refractivity contribution < 1.29 is 41.8 Å². The van der Waals surface area contributed by atoms with Crippen LogP contribution in [-0.2, 0) is 19.2 Å². The number of hydrogen-bond acceptors (Lipinski definition) is 11. The number of aryl methyl sites for hydroxylation is 4. The minimum Gasteiger partial charge on any atom is -0.481 e. The van der Waals surface area contributed by atoms with Crippen LogP contribution < -0.4 is 15.1 Å². The zero-order chi connectivity index (χ0) is 63.3. The fourth-order valence-corrected chi connectivity index (χ4v) is 12.7. The van der Waals surface area contributed by atoms with Crippen LogP contribution in [0, 0.1) is 62.8 Å². The van der Waals surface area contributed by atoms with E-state index < -0.39 is 47.0 Å². The zero-order valence-corrected chi connectivity index (χ0v) is 61.2. The number of rotatable bonds is 12. The van der Waals surface area contributed by atoms with Gasteiger partial charge in [0, 0.05) is 162 Å². The molecule has 25 heteroatoms. The highest BCUT2D eigenvalue weighted by atomic mass is 35.5. The molecule has 2 N–H and O–H groups in total. The van der Waals surface area contributed by atoms with E-state index in [0.717, 1.165) is 78.0 Å². The molecule has 4 aliphatic heterocycles. The predicted molar refractivity (Wildman–Crippen MR) is 372 cm³/mol. The van der Waals surface area contributed by atoms with Crippen LogP contribution in [-0.4, -0.2) is 165 Å². The highest BCUT2D eigenvalue weighted by molar-refractivity contribution is 5.86. The number of carboxylic acid groups (broad SMARTS) is 1. The van der Waals surface area contributed by atoms with E-state index in [1.807, 2.05) is 75.0 Å². The SMILES string of the molecule is CC(=O)N(C(C)C)C(C)c1cc(C)c(C)nc1N1CCN(C(=O)[C@@H]2CN(C(C)(C)C)C[C@H]2c2ccc(F)cc2F)CC1.CC(=O)N(C(C)C)C(C)c1cc(C)c(C)nc1N1CCNCC1.CC(C)(C)N1CC(C(=O)O)[C@H](c2ccc(F)cc2F)C1.Cl.Cl.Cl.Cl.Cl.Cl. The van der Waals surface area contributed by atoms with Gasteiger partial charge in [-0.2, -0.15) is 0 Å². The second-order valence-electron chi connectivity index (χ2n) is 26.3. The van der Waals surface area contributed by atoms with E-state index in [-0.39, 0.29) is 139 Å². The molecule has 6 atom stereocenters. The Morgan fingerprint density at radius 2 is 0.890 bits per heavy atom. The van der Waals surface area contributed by atoms with E-state index >= 15 is 0 Å². The number of nitrogens with zero attached hydrogens (tertiary/aromatic N) is 9. The van der Waals surface area contributed by atoms with Crippen LogP contribution in [0.3, 0.4) is 0 Å². The van der Waals surface area contributed by atoms with Gasteiger partial charge < -0.3 is 34.9 Å². The molecule has 4 fully saturated rings. The Labute approximate surface area is 576 Å². The Balaban J connectivity index is 0.00000141. The summed E-state index contributed by atoms with van der Waals surface area (Å²) in [7, 11) is 0. The highest BCUT2D eigenvalue weighted by Crippen LogP contribution is 2.41. The van der Waals surface area contributed by atoms with Crippen molar-refractivity contribution in [1.82, 2.24) is 39.8 Å². The Morgan fingerprint density at radius 1 is 0.538 bits per heavy atom. The number of hydrogen-bond donors (Lipinski definition) is 2. The van der Waals surface area contributed by atoms with Crippen molar-refractivity contribution in [2.75, 3.05) is 88.3 Å². The highest BCUT2D eigenvalue weighted by Gasteiger charge is 2.46. The van der Waals surface area contributed by atoms with Gasteiger partial charge in [-0.3, -0.25) is 29.0 Å². The third-order valence-corrected chi connectivity index (χ3v) is 17.7. The molecular weight excluding hydrogens is 1300 g/mol. The molecule has 4 saturated heterocycles. The third kappa shape index (κ3) is 21.3. The van der Waals surface area contributed by atoms with Gasteiger partial charge in [-0.1, -0.05) is 12.1 Å². The number of aliphatic carboxylic acids is 1. The van der Waals surface area contributed by atoms with E-state index in [9.17, 15) is 41.8 Å². The average Bonchev–Trinajstić information content (AvgIpc) is 2.04. The maximum atomic E-state index is 14.9. The van der Waals surface area contributed by atoms with E-state index in [4.69, 9.17) is 9.97 Å². The summed E-state index contributed by atoms with van der Waals surface area (Å²) in [6.07, 6.45) is 0. The number of benzene rings is 2. The van der Waals surface area contributed by atoms with E-state index in [1.165, 1.54) is 29.8 Å². The van der Waals surface area contributed by atoms with Crippen LogP contribution in [0.5, 0.6) is 0 Å². The summed E-state index contributed by atoms with van der Waals surface area (Å²) >= 11 is 0.